The average molecular weight is 546 g/mol. The molecule has 210 valence electrons. The first-order valence-corrected chi connectivity index (χ1v) is 14.3. The van der Waals surface area contributed by atoms with Crippen molar-refractivity contribution in [2.75, 3.05) is 0 Å². The number of carbonyl (C=O) groups excluding carboxylic acids is 1. The number of rotatable bonds is 4. The zero-order chi connectivity index (χ0) is 27.9. The van der Waals surface area contributed by atoms with Crippen LogP contribution in [-0.2, 0) is 25.5 Å². The highest BCUT2D eigenvalue weighted by Crippen LogP contribution is 2.68. The highest BCUT2D eigenvalue weighted by Gasteiger charge is 2.71. The third kappa shape index (κ3) is 3.36. The molecule has 7 rings (SSSR count). The Kier molecular flexibility index (Phi) is 5.59. The summed E-state index contributed by atoms with van der Waals surface area (Å²) >= 11 is 0. The number of allylic oxidation sites excluding steroid dienone is 1. The van der Waals surface area contributed by atoms with Crippen LogP contribution in [0.1, 0.15) is 63.6 Å². The van der Waals surface area contributed by atoms with Gasteiger partial charge in [0.05, 0.1) is 24.3 Å². The van der Waals surface area contributed by atoms with E-state index in [0.29, 0.717) is 12.8 Å². The van der Waals surface area contributed by atoms with E-state index >= 15 is 0 Å². The van der Waals surface area contributed by atoms with Gasteiger partial charge in [-0.1, -0.05) is 25.5 Å². The normalized spacial score (nSPS) is 39.3. The van der Waals surface area contributed by atoms with Crippen molar-refractivity contribution < 1.29 is 29.3 Å². The van der Waals surface area contributed by atoms with E-state index in [-0.39, 0.29) is 36.0 Å². The third-order valence-electron chi connectivity index (χ3n) is 11.0. The second-order valence-corrected chi connectivity index (χ2v) is 12.8. The van der Waals surface area contributed by atoms with Gasteiger partial charge in [0.25, 0.3) is 0 Å². The van der Waals surface area contributed by atoms with E-state index in [0.717, 1.165) is 36.3 Å². The third-order valence-corrected chi connectivity index (χ3v) is 11.0. The highest BCUT2D eigenvalue weighted by molar-refractivity contribution is 5.85. The molecule has 0 radical (unpaired) electrons. The lowest BCUT2D eigenvalue weighted by atomic mass is 9.45. The highest BCUT2D eigenvalue weighted by atomic mass is 16.6. The van der Waals surface area contributed by atoms with Crippen molar-refractivity contribution in [2.24, 2.45) is 28.6 Å². The fraction of sp³-hybridized carbons (Fsp3) is 0.548. The molecular weight excluding hydrogens is 510 g/mol. The van der Waals surface area contributed by atoms with Crippen molar-refractivity contribution in [1.29, 1.82) is 0 Å². The zero-order valence-corrected chi connectivity index (χ0v) is 22.8. The lowest BCUT2D eigenvalue weighted by Gasteiger charge is -2.60. The second-order valence-electron chi connectivity index (χ2n) is 12.8. The number of fused-ring (bicyclic) bond motifs is 6. The summed E-state index contributed by atoms with van der Waals surface area (Å²) in [7, 11) is 0. The maximum atomic E-state index is 13.0. The Morgan fingerprint density at radius 2 is 2.08 bits per heavy atom. The molecule has 0 spiro atoms. The minimum Gasteiger partial charge on any atom is -0.486 e. The second kappa shape index (κ2) is 8.77. The van der Waals surface area contributed by atoms with Gasteiger partial charge in [-0.2, -0.15) is 5.10 Å². The number of carboxylic acid groups (broad SMARTS) is 1. The summed E-state index contributed by atoms with van der Waals surface area (Å²) in [6.45, 7) is 4.18. The van der Waals surface area contributed by atoms with Gasteiger partial charge in [-0.15, -0.1) is 0 Å². The molecule has 8 atom stereocenters. The van der Waals surface area contributed by atoms with Gasteiger partial charge in [-0.3, -0.25) is 0 Å². The van der Waals surface area contributed by atoms with E-state index in [9.17, 15) is 19.8 Å². The number of carbonyl (C=O) groups is 2. The molecule has 1 aliphatic heterocycles. The molecule has 2 N–H and O–H groups in total. The van der Waals surface area contributed by atoms with Gasteiger partial charge in [0.15, 0.2) is 11.9 Å². The Balaban J connectivity index is 1.21. The molecule has 9 nitrogen and oxygen atoms in total. The van der Waals surface area contributed by atoms with E-state index in [4.69, 9.17) is 9.47 Å². The van der Waals surface area contributed by atoms with Gasteiger partial charge in [0, 0.05) is 18.0 Å². The molecule has 2 aromatic rings. The van der Waals surface area contributed by atoms with Crippen LogP contribution in [0.15, 0.2) is 48.5 Å². The maximum Gasteiger partial charge on any atom is 0.348 e. The number of pyridine rings is 1. The average Bonchev–Trinajstić information content (AvgIpc) is 3.66. The molecule has 0 bridgehead atoms. The fourth-order valence-electron chi connectivity index (χ4n) is 9.17. The number of aromatic nitrogens is 3. The molecule has 1 unspecified atom stereocenters. The largest absolute Gasteiger partial charge is 0.486 e. The Hall–Kier alpha value is -3.46. The first kappa shape index (κ1) is 25.5. The topological polar surface area (TPSA) is 124 Å². The summed E-state index contributed by atoms with van der Waals surface area (Å²) in [5, 5.41) is 27.1. The first-order valence-electron chi connectivity index (χ1n) is 14.3. The first-order chi connectivity index (χ1) is 19.2. The molecule has 5 aliphatic rings. The molecule has 3 saturated carbocycles. The molecule has 4 aliphatic carbocycles. The molecule has 40 heavy (non-hydrogen) atoms. The van der Waals surface area contributed by atoms with Crippen LogP contribution in [0.5, 0.6) is 0 Å². The van der Waals surface area contributed by atoms with Crippen molar-refractivity contribution in [2.45, 2.75) is 76.6 Å². The number of ether oxygens (including phenoxy) is 2. The predicted octanol–water partition coefficient (Wildman–Crippen LogP) is 4.09. The molecule has 0 aromatic carbocycles. The SMILES string of the molecule is C[C@]12Cc3cnn(-c4ccccn4)c3C=C1CC[C@@H]1[C@@H]2[C@@H](O)C[C@@]2(C)[C@H]1CC[C@]2(OC(=O)C1CC=CO1)C(=O)O. The summed E-state index contributed by atoms with van der Waals surface area (Å²) in [6, 6.07) is 5.78. The van der Waals surface area contributed by atoms with E-state index in [2.05, 4.69) is 23.1 Å². The van der Waals surface area contributed by atoms with E-state index in [1.807, 2.05) is 36.0 Å². The van der Waals surface area contributed by atoms with Crippen LogP contribution < -0.4 is 0 Å². The molecule has 0 saturated heterocycles. The standard InChI is InChI=1S/C31H35N3O6/c1-29-15-18-17-33-34(25-7-3-4-12-32-25)22(18)14-19(29)8-9-20-21-10-11-31(28(37)38,30(21,2)16-23(35)26(20)29)40-27(36)24-6-5-13-39-24/h3-5,7,12-14,17,20-21,23-24,26,35H,6,8-11,15-16H2,1-2H3,(H,37,38)/t20-,21-,23-,24?,26+,29-,30-,31-/m0/s1. The number of nitrogens with zero attached hydrogens (tertiary/aromatic N) is 3. The number of aliphatic hydroxyl groups is 1. The van der Waals surface area contributed by atoms with Crippen LogP contribution in [0, 0.1) is 28.6 Å². The van der Waals surface area contributed by atoms with Crippen molar-refractivity contribution in [3.8, 4) is 5.82 Å². The summed E-state index contributed by atoms with van der Waals surface area (Å²) in [5.41, 5.74) is 0.629. The number of hydrogen-bond donors (Lipinski definition) is 2. The van der Waals surface area contributed by atoms with Gasteiger partial charge >= 0.3 is 11.9 Å². The van der Waals surface area contributed by atoms with Crippen LogP contribution >= 0.6 is 0 Å². The van der Waals surface area contributed by atoms with Crippen LogP contribution in [0.25, 0.3) is 11.9 Å². The van der Waals surface area contributed by atoms with Crippen molar-refractivity contribution in [1.82, 2.24) is 14.8 Å². The summed E-state index contributed by atoms with van der Waals surface area (Å²) in [4.78, 5) is 30.4. The predicted molar refractivity (Wildman–Crippen MR) is 144 cm³/mol. The van der Waals surface area contributed by atoms with E-state index < -0.39 is 35.2 Å². The lowest BCUT2D eigenvalue weighted by molar-refractivity contribution is -0.214. The molecular formula is C31H35N3O6. The van der Waals surface area contributed by atoms with Gasteiger partial charge in [0.2, 0.25) is 5.60 Å². The monoisotopic (exact) mass is 545 g/mol. The Morgan fingerprint density at radius 1 is 1.23 bits per heavy atom. The smallest absolute Gasteiger partial charge is 0.348 e. The van der Waals surface area contributed by atoms with E-state index in [1.54, 1.807) is 12.3 Å². The van der Waals surface area contributed by atoms with Crippen molar-refractivity contribution in [3.63, 3.8) is 0 Å². The summed E-state index contributed by atoms with van der Waals surface area (Å²) < 4.78 is 13.2. The number of aliphatic hydroxyl groups excluding tert-OH is 1. The number of carboxylic acids is 1. The summed E-state index contributed by atoms with van der Waals surface area (Å²) in [6.07, 6.45) is 11.6. The van der Waals surface area contributed by atoms with Gasteiger partial charge < -0.3 is 19.7 Å². The van der Waals surface area contributed by atoms with Gasteiger partial charge in [-0.25, -0.2) is 19.3 Å². The van der Waals surface area contributed by atoms with E-state index in [1.165, 1.54) is 11.8 Å². The lowest BCUT2D eigenvalue weighted by Crippen LogP contribution is -2.63. The number of aliphatic carboxylic acids is 1. The Morgan fingerprint density at radius 3 is 2.80 bits per heavy atom. The van der Waals surface area contributed by atoms with Gasteiger partial charge in [-0.05, 0) is 91.5 Å². The molecule has 3 fully saturated rings. The Bertz CT molecular complexity index is 1430. The quantitative estimate of drug-likeness (QED) is 0.551. The number of esters is 1. The molecule has 0 amide bonds. The van der Waals surface area contributed by atoms with Crippen LogP contribution in [0.3, 0.4) is 0 Å². The number of hydrogen-bond acceptors (Lipinski definition) is 7. The van der Waals surface area contributed by atoms with Crippen LogP contribution in [0.2, 0.25) is 0 Å². The minimum atomic E-state index is -1.69. The minimum absolute atomic E-state index is 0.0171. The van der Waals surface area contributed by atoms with Crippen molar-refractivity contribution in [3.05, 3.63) is 59.8 Å². The molecule has 2 aromatic heterocycles. The van der Waals surface area contributed by atoms with Crippen molar-refractivity contribution >= 4 is 18.0 Å². The zero-order valence-electron chi connectivity index (χ0n) is 22.8. The Labute approximate surface area is 232 Å². The molecule has 9 heteroatoms. The summed E-state index contributed by atoms with van der Waals surface area (Å²) in [5.74, 6) is -0.892. The van der Waals surface area contributed by atoms with Gasteiger partial charge in [0.1, 0.15) is 0 Å². The fourth-order valence-corrected chi connectivity index (χ4v) is 9.17. The molecule has 3 heterocycles. The van der Waals surface area contributed by atoms with Crippen LogP contribution in [0.4, 0.5) is 0 Å². The maximum absolute atomic E-state index is 13.0. The van der Waals surface area contributed by atoms with Crippen LogP contribution in [-0.4, -0.2) is 54.7 Å².